The highest BCUT2D eigenvalue weighted by atomic mass is 16.2. The Kier molecular flexibility index (Phi) is 42.4. The van der Waals surface area contributed by atoms with Crippen LogP contribution in [0.1, 0.15) is 385 Å². The Balaban J connectivity index is 1.07. The van der Waals surface area contributed by atoms with Crippen LogP contribution in [-0.2, 0) is 19.2 Å². The maximum Gasteiger partial charge on any atom is 0.254 e. The minimum atomic E-state index is -0.712. The molecule has 2 aliphatic heterocycles. The van der Waals surface area contributed by atoms with Gasteiger partial charge < -0.3 is 4.90 Å². The van der Waals surface area contributed by atoms with Gasteiger partial charge in [0.25, 0.3) is 23.6 Å². The van der Waals surface area contributed by atoms with Crippen molar-refractivity contribution in [1.29, 1.82) is 0 Å². The zero-order valence-corrected chi connectivity index (χ0v) is 60.2. The highest BCUT2D eigenvalue weighted by molar-refractivity contribution is 6.12. The molecular weight excluding hydrogens is 1120 g/mol. The third-order valence-corrected chi connectivity index (χ3v) is 23.2. The smallest absolute Gasteiger partial charge is 0.254 e. The molecule has 4 aliphatic rings. The number of carbonyl (C=O) groups is 5. The highest BCUT2D eigenvalue weighted by Crippen LogP contribution is 2.49. The number of imide groups is 2. The van der Waals surface area contributed by atoms with Crippen molar-refractivity contribution < 1.29 is 24.0 Å². The van der Waals surface area contributed by atoms with E-state index in [1.165, 1.54) is 304 Å². The second-order valence-electron chi connectivity index (χ2n) is 30.2. The minimum absolute atomic E-state index is 0.101. The zero-order valence-electron chi connectivity index (χ0n) is 60.2. The van der Waals surface area contributed by atoms with Gasteiger partial charge in [0.15, 0.2) is 0 Å². The van der Waals surface area contributed by atoms with E-state index < -0.39 is 6.04 Å². The molecule has 91 heavy (non-hydrogen) atoms. The van der Waals surface area contributed by atoms with Crippen LogP contribution in [-0.4, -0.2) is 69.9 Å². The largest absolute Gasteiger partial charge is 0.326 e. The number of likely N-dealkylation sites (tertiary alicyclic amines) is 1. The summed E-state index contributed by atoms with van der Waals surface area (Å²) in [4.78, 5) is 70.9. The lowest BCUT2D eigenvalue weighted by molar-refractivity contribution is -0.140. The summed E-state index contributed by atoms with van der Waals surface area (Å²) in [6, 6.07) is 8.73. The van der Waals surface area contributed by atoms with Gasteiger partial charge in [0, 0.05) is 37.3 Å². The van der Waals surface area contributed by atoms with Gasteiger partial charge in [0.05, 0.1) is 6.42 Å². The third-order valence-electron chi connectivity index (χ3n) is 23.2. The molecule has 0 aromatic heterocycles. The van der Waals surface area contributed by atoms with Crippen LogP contribution in [0.3, 0.4) is 0 Å². The maximum absolute atomic E-state index is 14.3. The van der Waals surface area contributed by atoms with Crippen molar-refractivity contribution in [1.82, 2.24) is 14.7 Å². The van der Waals surface area contributed by atoms with E-state index in [1.807, 2.05) is 30.3 Å². The molecule has 9 atom stereocenters. The van der Waals surface area contributed by atoms with Crippen molar-refractivity contribution in [3.63, 3.8) is 0 Å². The summed E-state index contributed by atoms with van der Waals surface area (Å²) >= 11 is 0. The molecule has 0 N–H and O–H groups in total. The first-order valence-electron chi connectivity index (χ1n) is 40.4. The molecule has 1 saturated heterocycles. The summed E-state index contributed by atoms with van der Waals surface area (Å²) in [5.74, 6) is 6.42. The minimum Gasteiger partial charge on any atom is -0.326 e. The van der Waals surface area contributed by atoms with E-state index >= 15 is 0 Å². The molecule has 8 nitrogen and oxygen atoms in total. The number of amides is 5. The van der Waals surface area contributed by atoms with Gasteiger partial charge in [0.1, 0.15) is 6.04 Å². The SMILES string of the molecule is CCCCCCCCC1C(CCCCCC)CCC(CCCC)C1CCCCCCCCN(C(=O)c1ccccc1)C1CC(=O)N(CCCCCCCCC2C(CCCCCCCCN3C(=O)C=CC3=O)CCC(CCCCCC)C2CCCCCCCC)C1=O. The van der Waals surface area contributed by atoms with Gasteiger partial charge in [0.2, 0.25) is 5.91 Å². The molecule has 1 aromatic carbocycles. The standard InChI is InChI=1S/C83H143N3O5/c1-6-11-16-20-29-42-56-75-70(50-37-18-13-8-3)60-59-69(49-15-10-5)74(75)55-44-31-23-26-33-46-65-84(82(90)73-53-40-36-41-54-73)78-68-81(89)86(83(78)91)67-48-35-27-24-32-45-58-77-72(52-39-28-22-25-34-47-66-85-79(87)63-64-80(85)88)62-61-71(51-38-19-14-9-4)76(77)57-43-30-21-17-12-7-2/h36,40-41,53-54,63-64,69-72,74-78H,6-35,37-39,42-52,55-62,65-68H2,1-5H3. The van der Waals surface area contributed by atoms with E-state index in [2.05, 4.69) is 34.6 Å². The highest BCUT2D eigenvalue weighted by Gasteiger charge is 2.44. The molecule has 3 fully saturated rings. The molecule has 2 saturated carbocycles. The summed E-state index contributed by atoms with van der Waals surface area (Å²) in [5.41, 5.74) is 0.597. The van der Waals surface area contributed by atoms with Crippen molar-refractivity contribution in [3.05, 3.63) is 48.0 Å². The van der Waals surface area contributed by atoms with Gasteiger partial charge in [-0.2, -0.15) is 0 Å². The Morgan fingerprint density at radius 3 is 1.05 bits per heavy atom. The van der Waals surface area contributed by atoms with Gasteiger partial charge in [-0.25, -0.2) is 0 Å². The molecule has 520 valence electrons. The van der Waals surface area contributed by atoms with Crippen molar-refractivity contribution >= 4 is 29.5 Å². The fraction of sp³-hybridized carbons (Fsp3) is 0.843. The Morgan fingerprint density at radius 2 is 0.670 bits per heavy atom. The molecule has 9 unspecified atom stereocenters. The van der Waals surface area contributed by atoms with Crippen molar-refractivity contribution in [3.8, 4) is 0 Å². The van der Waals surface area contributed by atoms with Crippen LogP contribution < -0.4 is 0 Å². The average Bonchev–Trinajstić information content (AvgIpc) is 1.98. The van der Waals surface area contributed by atoms with Gasteiger partial charge >= 0.3 is 0 Å². The molecule has 8 heteroatoms. The lowest BCUT2D eigenvalue weighted by Crippen LogP contribution is -2.46. The summed E-state index contributed by atoms with van der Waals surface area (Å²) in [6.45, 7) is 13.2. The van der Waals surface area contributed by atoms with Crippen LogP contribution in [0, 0.1) is 47.3 Å². The molecule has 0 spiro atoms. The first-order chi connectivity index (χ1) is 44.7. The molecule has 0 radical (unpaired) electrons. The number of hydrogen-bond acceptors (Lipinski definition) is 5. The molecule has 5 amide bonds. The quantitative estimate of drug-likeness (QED) is 0.0478. The van der Waals surface area contributed by atoms with Crippen LogP contribution in [0.25, 0.3) is 0 Å². The van der Waals surface area contributed by atoms with Crippen LogP contribution in [0.5, 0.6) is 0 Å². The fourth-order valence-electron chi connectivity index (χ4n) is 17.8. The van der Waals surface area contributed by atoms with Gasteiger partial charge in [-0.3, -0.25) is 33.8 Å². The van der Waals surface area contributed by atoms with E-state index in [1.54, 1.807) is 4.90 Å². The van der Waals surface area contributed by atoms with Crippen molar-refractivity contribution in [2.24, 2.45) is 47.3 Å². The number of benzene rings is 1. The summed E-state index contributed by atoms with van der Waals surface area (Å²) < 4.78 is 0. The number of carbonyl (C=O) groups excluding carboxylic acids is 5. The monoisotopic (exact) mass is 1260 g/mol. The lowest BCUT2D eigenvalue weighted by Gasteiger charge is -2.44. The third kappa shape index (κ3) is 29.7. The number of nitrogens with zero attached hydrogens (tertiary/aromatic N) is 3. The van der Waals surface area contributed by atoms with Gasteiger partial charge in [-0.15, -0.1) is 0 Å². The number of hydrogen-bond donors (Lipinski definition) is 0. The second-order valence-corrected chi connectivity index (χ2v) is 30.2. The normalized spacial score (nSPS) is 22.8. The number of unbranched alkanes of at least 4 members (excludes halogenated alkanes) is 32. The summed E-state index contributed by atoms with van der Waals surface area (Å²) in [6.07, 6.45) is 71.1. The van der Waals surface area contributed by atoms with E-state index in [9.17, 15) is 24.0 Å². The predicted molar refractivity (Wildman–Crippen MR) is 385 cm³/mol. The molecule has 0 bridgehead atoms. The van der Waals surface area contributed by atoms with Crippen LogP contribution in [0.2, 0.25) is 0 Å². The zero-order chi connectivity index (χ0) is 64.9. The average molecular weight is 1260 g/mol. The van der Waals surface area contributed by atoms with E-state index in [4.69, 9.17) is 0 Å². The molecule has 1 aromatic rings. The molecule has 5 rings (SSSR count). The first-order valence-corrected chi connectivity index (χ1v) is 40.4. The fourth-order valence-corrected chi connectivity index (χ4v) is 17.8. The maximum atomic E-state index is 14.3. The molecular formula is C83H143N3O5. The summed E-state index contributed by atoms with van der Waals surface area (Å²) in [7, 11) is 0. The van der Waals surface area contributed by atoms with Gasteiger partial charge in [-0.1, -0.05) is 316 Å². The Bertz CT molecular complexity index is 2070. The summed E-state index contributed by atoms with van der Waals surface area (Å²) in [5, 5.41) is 0. The van der Waals surface area contributed by atoms with Gasteiger partial charge in [-0.05, 0) is 130 Å². The lowest BCUT2D eigenvalue weighted by atomic mass is 9.61. The van der Waals surface area contributed by atoms with E-state index in [0.29, 0.717) is 25.2 Å². The predicted octanol–water partition coefficient (Wildman–Crippen LogP) is 23.5. The van der Waals surface area contributed by atoms with Crippen LogP contribution in [0.4, 0.5) is 0 Å². The Labute approximate surface area is 561 Å². The van der Waals surface area contributed by atoms with Crippen LogP contribution in [0.15, 0.2) is 42.5 Å². The van der Waals surface area contributed by atoms with Crippen LogP contribution >= 0.6 is 0 Å². The molecule has 2 heterocycles. The Morgan fingerprint density at radius 1 is 0.363 bits per heavy atom. The van der Waals surface area contributed by atoms with E-state index in [0.717, 1.165) is 98.7 Å². The first kappa shape index (κ1) is 78.4. The van der Waals surface area contributed by atoms with E-state index in [-0.39, 0.29) is 36.0 Å². The van der Waals surface area contributed by atoms with Crippen molar-refractivity contribution in [2.45, 2.75) is 381 Å². The topological polar surface area (TPSA) is 95.1 Å². The number of rotatable bonds is 56. The molecule has 2 aliphatic carbocycles. The second kappa shape index (κ2) is 49.3. The Hall–Kier alpha value is -3.29. The van der Waals surface area contributed by atoms with Crippen molar-refractivity contribution in [2.75, 3.05) is 19.6 Å².